The van der Waals surface area contributed by atoms with Gasteiger partial charge in [0.15, 0.2) is 5.82 Å². The Labute approximate surface area is 205 Å². The SMILES string of the molecule is CCc1ccccc1NC(=O)N1CCN(c2nnc(C)c3c(C)n(-c4ccc(C)cc4)nc23)CC1. The van der Waals surface area contributed by atoms with Crippen LogP contribution in [0, 0.1) is 20.8 Å². The fourth-order valence-electron chi connectivity index (χ4n) is 4.73. The summed E-state index contributed by atoms with van der Waals surface area (Å²) in [4.78, 5) is 17.0. The van der Waals surface area contributed by atoms with E-state index in [0.717, 1.165) is 51.5 Å². The molecule has 8 nitrogen and oxygen atoms in total. The Kier molecular flexibility index (Phi) is 6.11. The van der Waals surface area contributed by atoms with Gasteiger partial charge in [0, 0.05) is 31.9 Å². The Morgan fingerprint density at radius 3 is 2.37 bits per heavy atom. The zero-order valence-corrected chi connectivity index (χ0v) is 20.7. The van der Waals surface area contributed by atoms with E-state index in [-0.39, 0.29) is 6.03 Å². The first kappa shape index (κ1) is 22.8. The van der Waals surface area contributed by atoms with Gasteiger partial charge in [-0.25, -0.2) is 9.48 Å². The van der Waals surface area contributed by atoms with Crippen LogP contribution in [0.4, 0.5) is 16.3 Å². The Morgan fingerprint density at radius 1 is 0.943 bits per heavy atom. The van der Waals surface area contributed by atoms with Crippen molar-refractivity contribution < 1.29 is 4.79 Å². The van der Waals surface area contributed by atoms with Gasteiger partial charge >= 0.3 is 6.03 Å². The van der Waals surface area contributed by atoms with Crippen LogP contribution >= 0.6 is 0 Å². The lowest BCUT2D eigenvalue weighted by atomic mass is 10.1. The number of nitrogens with zero attached hydrogens (tertiary/aromatic N) is 6. The van der Waals surface area contributed by atoms with Gasteiger partial charge in [0.1, 0.15) is 5.52 Å². The molecule has 0 radical (unpaired) electrons. The summed E-state index contributed by atoms with van der Waals surface area (Å²) in [5, 5.41) is 18.1. The van der Waals surface area contributed by atoms with E-state index < -0.39 is 0 Å². The van der Waals surface area contributed by atoms with E-state index in [1.54, 1.807) is 0 Å². The third kappa shape index (κ3) is 4.32. The van der Waals surface area contributed by atoms with Gasteiger partial charge in [0.25, 0.3) is 0 Å². The average Bonchev–Trinajstić information content (AvgIpc) is 3.23. The molecule has 1 aliphatic heterocycles. The van der Waals surface area contributed by atoms with Gasteiger partial charge in [-0.15, -0.1) is 5.10 Å². The zero-order valence-electron chi connectivity index (χ0n) is 20.7. The average molecular weight is 470 g/mol. The number of rotatable bonds is 4. The van der Waals surface area contributed by atoms with Crippen molar-refractivity contribution in [2.75, 3.05) is 36.4 Å². The Balaban J connectivity index is 1.36. The molecule has 2 amide bonds. The summed E-state index contributed by atoms with van der Waals surface area (Å²) in [6.07, 6.45) is 0.876. The minimum absolute atomic E-state index is 0.0646. The van der Waals surface area contributed by atoms with Gasteiger partial charge in [0.05, 0.1) is 22.5 Å². The number of aryl methyl sites for hydroxylation is 4. The van der Waals surface area contributed by atoms with Crippen LogP contribution in [0.5, 0.6) is 0 Å². The number of anilines is 2. The standard InChI is InChI=1S/C27H31N7O/c1-5-21-8-6-7-9-23(21)28-27(35)33-16-14-32(15-17-33)26-25-24(19(3)29-30-26)20(4)34(31-25)22-12-10-18(2)11-13-22/h6-13H,5,14-17H2,1-4H3,(H,28,35). The summed E-state index contributed by atoms with van der Waals surface area (Å²) >= 11 is 0. The number of carbonyl (C=O) groups excluding carboxylic acids is 1. The van der Waals surface area contributed by atoms with E-state index in [9.17, 15) is 4.79 Å². The van der Waals surface area contributed by atoms with Gasteiger partial charge in [-0.05, 0) is 51.0 Å². The van der Waals surface area contributed by atoms with E-state index in [1.165, 1.54) is 5.56 Å². The number of carbonyl (C=O) groups is 1. The van der Waals surface area contributed by atoms with Crippen LogP contribution in [0.25, 0.3) is 16.6 Å². The molecule has 2 aromatic heterocycles. The van der Waals surface area contributed by atoms with E-state index in [2.05, 4.69) is 65.5 Å². The molecule has 5 rings (SSSR count). The lowest BCUT2D eigenvalue weighted by molar-refractivity contribution is 0.208. The van der Waals surface area contributed by atoms with Gasteiger partial charge in [-0.3, -0.25) is 0 Å². The first-order valence-corrected chi connectivity index (χ1v) is 12.1. The normalized spacial score (nSPS) is 13.9. The Hall–Kier alpha value is -3.94. The van der Waals surface area contributed by atoms with E-state index in [1.807, 2.05) is 40.8 Å². The molecule has 1 N–H and O–H groups in total. The zero-order chi connectivity index (χ0) is 24.5. The molecule has 35 heavy (non-hydrogen) atoms. The second kappa shape index (κ2) is 9.37. The second-order valence-corrected chi connectivity index (χ2v) is 9.08. The Morgan fingerprint density at radius 2 is 1.66 bits per heavy atom. The first-order valence-electron chi connectivity index (χ1n) is 12.1. The number of amides is 2. The van der Waals surface area contributed by atoms with Crippen molar-refractivity contribution in [1.82, 2.24) is 24.9 Å². The highest BCUT2D eigenvalue weighted by molar-refractivity contribution is 5.93. The number of benzene rings is 2. The fourth-order valence-corrected chi connectivity index (χ4v) is 4.73. The molecule has 3 heterocycles. The maximum atomic E-state index is 12.9. The van der Waals surface area contributed by atoms with Gasteiger partial charge in [0.2, 0.25) is 0 Å². The molecular weight excluding hydrogens is 438 g/mol. The van der Waals surface area contributed by atoms with E-state index in [4.69, 9.17) is 5.10 Å². The highest BCUT2D eigenvalue weighted by Crippen LogP contribution is 2.30. The maximum absolute atomic E-state index is 12.9. The van der Waals surface area contributed by atoms with Crippen LogP contribution in [0.15, 0.2) is 48.5 Å². The lowest BCUT2D eigenvalue weighted by Gasteiger charge is -2.35. The van der Waals surface area contributed by atoms with Crippen LogP contribution in [-0.4, -0.2) is 57.1 Å². The number of hydrogen-bond donors (Lipinski definition) is 1. The molecule has 180 valence electrons. The van der Waals surface area contributed by atoms with Crippen molar-refractivity contribution in [3.63, 3.8) is 0 Å². The molecular formula is C27H31N7O. The monoisotopic (exact) mass is 469 g/mol. The van der Waals surface area contributed by atoms with Crippen LogP contribution in [0.1, 0.15) is 29.4 Å². The second-order valence-electron chi connectivity index (χ2n) is 9.08. The molecule has 0 unspecified atom stereocenters. The van der Waals surface area contributed by atoms with Crippen molar-refractivity contribution in [2.24, 2.45) is 0 Å². The van der Waals surface area contributed by atoms with Gasteiger partial charge < -0.3 is 15.1 Å². The highest BCUT2D eigenvalue weighted by atomic mass is 16.2. The molecule has 2 aromatic carbocycles. The molecule has 0 atom stereocenters. The van der Waals surface area contributed by atoms with Crippen molar-refractivity contribution in [2.45, 2.75) is 34.1 Å². The largest absolute Gasteiger partial charge is 0.350 e. The number of aromatic nitrogens is 4. The minimum atomic E-state index is -0.0646. The summed E-state index contributed by atoms with van der Waals surface area (Å²) in [6, 6.07) is 16.2. The first-order chi connectivity index (χ1) is 17.0. The number of fused-ring (bicyclic) bond motifs is 1. The van der Waals surface area contributed by atoms with E-state index >= 15 is 0 Å². The summed E-state index contributed by atoms with van der Waals surface area (Å²) in [5.74, 6) is 0.774. The van der Waals surface area contributed by atoms with Gasteiger partial charge in [-0.2, -0.15) is 10.2 Å². The summed E-state index contributed by atoms with van der Waals surface area (Å²) in [7, 11) is 0. The van der Waals surface area contributed by atoms with Crippen molar-refractivity contribution in [1.29, 1.82) is 0 Å². The predicted octanol–water partition coefficient (Wildman–Crippen LogP) is 4.66. The summed E-state index contributed by atoms with van der Waals surface area (Å²) in [5.41, 5.74) is 7.01. The summed E-state index contributed by atoms with van der Waals surface area (Å²) in [6.45, 7) is 10.8. The molecule has 8 heteroatoms. The lowest BCUT2D eigenvalue weighted by Crippen LogP contribution is -2.50. The number of nitrogens with one attached hydrogen (secondary N) is 1. The van der Waals surface area contributed by atoms with Crippen LogP contribution < -0.4 is 10.2 Å². The topological polar surface area (TPSA) is 79.2 Å². The third-order valence-electron chi connectivity index (χ3n) is 6.77. The molecule has 1 saturated heterocycles. The molecule has 0 aliphatic carbocycles. The number of hydrogen-bond acceptors (Lipinski definition) is 5. The highest BCUT2D eigenvalue weighted by Gasteiger charge is 2.26. The van der Waals surface area contributed by atoms with Crippen molar-refractivity contribution in [3.8, 4) is 5.69 Å². The molecule has 4 aromatic rings. The van der Waals surface area contributed by atoms with Crippen LogP contribution in [-0.2, 0) is 6.42 Å². The number of piperazine rings is 1. The fraction of sp³-hybridized carbons (Fsp3) is 0.333. The molecule has 0 spiro atoms. The number of urea groups is 1. The molecule has 1 fully saturated rings. The minimum Gasteiger partial charge on any atom is -0.350 e. The Bertz CT molecular complexity index is 1370. The summed E-state index contributed by atoms with van der Waals surface area (Å²) < 4.78 is 1.97. The van der Waals surface area contributed by atoms with Crippen molar-refractivity contribution in [3.05, 3.63) is 71.0 Å². The number of para-hydroxylation sites is 1. The van der Waals surface area contributed by atoms with Crippen LogP contribution in [0.3, 0.4) is 0 Å². The molecule has 1 aliphatic rings. The van der Waals surface area contributed by atoms with Crippen molar-refractivity contribution >= 4 is 28.4 Å². The predicted molar refractivity (Wildman–Crippen MR) is 139 cm³/mol. The molecule has 0 saturated carbocycles. The van der Waals surface area contributed by atoms with E-state index in [0.29, 0.717) is 26.2 Å². The quantitative estimate of drug-likeness (QED) is 0.470. The smallest absolute Gasteiger partial charge is 0.321 e. The maximum Gasteiger partial charge on any atom is 0.321 e. The van der Waals surface area contributed by atoms with Crippen LogP contribution in [0.2, 0.25) is 0 Å². The molecule has 0 bridgehead atoms. The van der Waals surface area contributed by atoms with Gasteiger partial charge in [-0.1, -0.05) is 42.8 Å². The third-order valence-corrected chi connectivity index (χ3v) is 6.77.